The van der Waals surface area contributed by atoms with Gasteiger partial charge in [0.1, 0.15) is 14.9 Å². The summed E-state index contributed by atoms with van der Waals surface area (Å²) in [7, 11) is -1.38. The molecule has 1 aliphatic heterocycles. The molecule has 94 valence electrons. The van der Waals surface area contributed by atoms with Crippen LogP contribution < -0.4 is 4.74 Å². The standard InChI is InChI=1S/C10H13ClN2O3S/c1-16-10-8(11)6-9(12-13-10)7-2-4-17(14,15)5-3-7/h6-7H,2-5H2,1H3. The van der Waals surface area contributed by atoms with Crippen LogP contribution in [0.5, 0.6) is 5.88 Å². The summed E-state index contributed by atoms with van der Waals surface area (Å²) in [5, 5.41) is 8.29. The van der Waals surface area contributed by atoms with Crippen molar-refractivity contribution in [2.24, 2.45) is 0 Å². The highest BCUT2D eigenvalue weighted by atomic mass is 35.5. The topological polar surface area (TPSA) is 69.2 Å². The van der Waals surface area contributed by atoms with Gasteiger partial charge >= 0.3 is 0 Å². The molecule has 2 heterocycles. The number of methoxy groups -OCH3 is 1. The van der Waals surface area contributed by atoms with Crippen molar-refractivity contribution in [2.75, 3.05) is 18.6 Å². The van der Waals surface area contributed by atoms with E-state index in [9.17, 15) is 8.42 Å². The second kappa shape index (κ2) is 4.78. The minimum atomic E-state index is -2.85. The molecular weight excluding hydrogens is 264 g/mol. The lowest BCUT2D eigenvalue weighted by atomic mass is 9.99. The molecule has 17 heavy (non-hydrogen) atoms. The molecule has 0 N–H and O–H groups in total. The number of rotatable bonds is 2. The lowest BCUT2D eigenvalue weighted by Crippen LogP contribution is -2.22. The maximum absolute atomic E-state index is 11.3. The summed E-state index contributed by atoms with van der Waals surface area (Å²) in [6.45, 7) is 0. The first-order valence-electron chi connectivity index (χ1n) is 5.29. The van der Waals surface area contributed by atoms with E-state index in [1.165, 1.54) is 7.11 Å². The van der Waals surface area contributed by atoms with E-state index >= 15 is 0 Å². The average molecular weight is 277 g/mol. The summed E-state index contributed by atoms with van der Waals surface area (Å²) in [5.74, 6) is 0.833. The van der Waals surface area contributed by atoms with E-state index in [0.717, 1.165) is 5.69 Å². The molecule has 0 aromatic carbocycles. The predicted octanol–water partition coefficient (Wildman–Crippen LogP) is 1.43. The third kappa shape index (κ3) is 2.87. The number of sulfone groups is 1. The smallest absolute Gasteiger partial charge is 0.252 e. The van der Waals surface area contributed by atoms with Gasteiger partial charge in [-0.3, -0.25) is 0 Å². The van der Waals surface area contributed by atoms with Crippen LogP contribution in [0.1, 0.15) is 24.5 Å². The van der Waals surface area contributed by atoms with Crippen molar-refractivity contribution in [1.82, 2.24) is 10.2 Å². The Labute approximate surface area is 105 Å². The molecule has 1 aliphatic rings. The van der Waals surface area contributed by atoms with Gasteiger partial charge < -0.3 is 4.74 Å². The highest BCUT2D eigenvalue weighted by Gasteiger charge is 2.26. The van der Waals surface area contributed by atoms with Crippen LogP contribution in [0.25, 0.3) is 0 Å². The highest BCUT2D eigenvalue weighted by Crippen LogP contribution is 2.30. The zero-order valence-corrected chi connectivity index (χ0v) is 11.0. The number of hydrogen-bond donors (Lipinski definition) is 0. The van der Waals surface area contributed by atoms with E-state index in [1.54, 1.807) is 6.07 Å². The molecule has 1 saturated heterocycles. The van der Waals surface area contributed by atoms with Gasteiger partial charge in [0.05, 0.1) is 24.3 Å². The van der Waals surface area contributed by atoms with Crippen LogP contribution in [-0.2, 0) is 9.84 Å². The average Bonchev–Trinajstić information content (AvgIpc) is 2.29. The molecule has 0 aliphatic carbocycles. The summed E-state index contributed by atoms with van der Waals surface area (Å²) in [6.07, 6.45) is 1.17. The summed E-state index contributed by atoms with van der Waals surface area (Å²) in [5.41, 5.74) is 0.741. The van der Waals surface area contributed by atoms with Crippen molar-refractivity contribution in [3.8, 4) is 5.88 Å². The molecule has 0 unspecified atom stereocenters. The van der Waals surface area contributed by atoms with E-state index in [2.05, 4.69) is 10.2 Å². The lowest BCUT2D eigenvalue weighted by Gasteiger charge is -2.21. The van der Waals surface area contributed by atoms with Gasteiger partial charge in [-0.1, -0.05) is 11.6 Å². The maximum atomic E-state index is 11.3. The lowest BCUT2D eigenvalue weighted by molar-refractivity contribution is 0.390. The van der Waals surface area contributed by atoms with Crippen LogP contribution in [0.2, 0.25) is 5.02 Å². The molecule has 1 aromatic heterocycles. The van der Waals surface area contributed by atoms with Crippen LogP contribution in [0.3, 0.4) is 0 Å². The Morgan fingerprint density at radius 2 is 2.00 bits per heavy atom. The summed E-state index contributed by atoms with van der Waals surface area (Å²) in [6, 6.07) is 1.70. The third-order valence-corrected chi connectivity index (χ3v) is 4.89. The third-order valence-electron chi connectivity index (χ3n) is 2.90. The second-order valence-electron chi connectivity index (χ2n) is 4.05. The normalized spacial score (nSPS) is 20.1. The number of nitrogens with zero attached hydrogens (tertiary/aromatic N) is 2. The first-order valence-corrected chi connectivity index (χ1v) is 7.49. The molecule has 0 bridgehead atoms. The van der Waals surface area contributed by atoms with Gasteiger partial charge in [0.25, 0.3) is 5.88 Å². The SMILES string of the molecule is COc1nnc(C2CCS(=O)(=O)CC2)cc1Cl. The molecule has 0 atom stereocenters. The van der Waals surface area contributed by atoms with Crippen molar-refractivity contribution in [2.45, 2.75) is 18.8 Å². The van der Waals surface area contributed by atoms with Crippen molar-refractivity contribution >= 4 is 21.4 Å². The zero-order chi connectivity index (χ0) is 12.5. The summed E-state index contributed by atoms with van der Waals surface area (Å²) >= 11 is 5.96. The molecule has 1 aromatic rings. The molecule has 0 spiro atoms. The van der Waals surface area contributed by atoms with Crippen LogP contribution in [0, 0.1) is 0 Å². The minimum Gasteiger partial charge on any atom is -0.479 e. The van der Waals surface area contributed by atoms with Crippen LogP contribution in [0.15, 0.2) is 6.07 Å². The van der Waals surface area contributed by atoms with Gasteiger partial charge in [-0.25, -0.2) is 8.42 Å². The first kappa shape index (κ1) is 12.6. The minimum absolute atomic E-state index is 0.120. The van der Waals surface area contributed by atoms with E-state index in [0.29, 0.717) is 23.7 Å². The van der Waals surface area contributed by atoms with Crippen LogP contribution >= 0.6 is 11.6 Å². The molecule has 0 amide bonds. The van der Waals surface area contributed by atoms with Gasteiger partial charge in [0, 0.05) is 5.92 Å². The van der Waals surface area contributed by atoms with Gasteiger partial charge in [-0.05, 0) is 18.9 Å². The van der Waals surface area contributed by atoms with Gasteiger partial charge in [-0.15, -0.1) is 5.10 Å². The largest absolute Gasteiger partial charge is 0.479 e. The van der Waals surface area contributed by atoms with Gasteiger partial charge in [-0.2, -0.15) is 5.10 Å². The number of aromatic nitrogens is 2. The van der Waals surface area contributed by atoms with E-state index in [1.807, 2.05) is 0 Å². The first-order chi connectivity index (χ1) is 8.02. The predicted molar refractivity (Wildman–Crippen MR) is 64.2 cm³/mol. The Bertz CT molecular complexity index is 504. The van der Waals surface area contributed by atoms with Gasteiger partial charge in [0.2, 0.25) is 0 Å². The van der Waals surface area contributed by atoms with Crippen LogP contribution in [-0.4, -0.2) is 37.2 Å². The Kier molecular flexibility index (Phi) is 3.53. The zero-order valence-electron chi connectivity index (χ0n) is 9.39. The number of halogens is 1. The monoisotopic (exact) mass is 276 g/mol. The molecule has 2 rings (SSSR count). The fourth-order valence-electron chi connectivity index (χ4n) is 1.89. The second-order valence-corrected chi connectivity index (χ2v) is 6.76. The summed E-state index contributed by atoms with van der Waals surface area (Å²) < 4.78 is 27.5. The quantitative estimate of drug-likeness (QED) is 0.817. The Hall–Kier alpha value is -0.880. The van der Waals surface area contributed by atoms with E-state index in [4.69, 9.17) is 16.3 Å². The number of ether oxygens (including phenoxy) is 1. The Morgan fingerprint density at radius 3 is 2.53 bits per heavy atom. The van der Waals surface area contributed by atoms with Crippen molar-refractivity contribution in [1.29, 1.82) is 0 Å². The molecule has 7 heteroatoms. The Balaban J connectivity index is 2.16. The number of hydrogen-bond acceptors (Lipinski definition) is 5. The molecule has 1 fully saturated rings. The fraction of sp³-hybridized carbons (Fsp3) is 0.600. The Morgan fingerprint density at radius 1 is 1.35 bits per heavy atom. The highest BCUT2D eigenvalue weighted by molar-refractivity contribution is 7.91. The van der Waals surface area contributed by atoms with Crippen LogP contribution in [0.4, 0.5) is 0 Å². The van der Waals surface area contributed by atoms with E-state index in [-0.39, 0.29) is 17.4 Å². The van der Waals surface area contributed by atoms with Crippen molar-refractivity contribution in [3.63, 3.8) is 0 Å². The molecule has 0 saturated carbocycles. The molecule has 5 nitrogen and oxygen atoms in total. The van der Waals surface area contributed by atoms with Crippen molar-refractivity contribution < 1.29 is 13.2 Å². The van der Waals surface area contributed by atoms with Crippen molar-refractivity contribution in [3.05, 3.63) is 16.8 Å². The fourth-order valence-corrected chi connectivity index (χ4v) is 3.61. The molecular formula is C10H13ClN2O3S. The van der Waals surface area contributed by atoms with E-state index < -0.39 is 9.84 Å². The maximum Gasteiger partial charge on any atom is 0.252 e. The van der Waals surface area contributed by atoms with Gasteiger partial charge in [0.15, 0.2) is 0 Å². The molecule has 0 radical (unpaired) electrons. The summed E-state index contributed by atoms with van der Waals surface area (Å²) in [4.78, 5) is 0.